The molecule has 3 aromatic rings. The third-order valence-electron chi connectivity index (χ3n) is 8.70. The Morgan fingerprint density at radius 2 is 1.38 bits per heavy atom. The van der Waals surface area contributed by atoms with Crippen LogP contribution in [0, 0.1) is 5.92 Å². The standard InChI is InChI=1S/C33H39F2N3O4S.C2HF3O2/c34-33(35,27-13-11-26(12-14-27)25-9-5-2-6-10-25)31(32(39)38-21-19-28(36)20-22-38)37-43(40,41)30-17-15-29(16-18-30)42-23-24-7-3-1-4-8-24;3-2(4,5)1(6)7/h2,5-6,9-18,24,28,31,37H,1,3-4,7-8,19-23,36H2;(H,6,7)/t31-;/m0./s1. The molecule has 0 unspecified atom stereocenters. The molecule has 50 heavy (non-hydrogen) atoms. The highest BCUT2D eigenvalue weighted by atomic mass is 32.2. The Morgan fingerprint density at radius 1 is 0.840 bits per heavy atom. The number of carboxylic acid groups (broad SMARTS) is 1. The number of sulfonamides is 1. The predicted octanol–water partition coefficient (Wildman–Crippen LogP) is 6.33. The highest BCUT2D eigenvalue weighted by Gasteiger charge is 2.50. The van der Waals surface area contributed by atoms with Crippen molar-refractivity contribution in [3.05, 3.63) is 84.4 Å². The van der Waals surface area contributed by atoms with Crippen molar-refractivity contribution in [2.75, 3.05) is 19.7 Å². The first-order valence-electron chi connectivity index (χ1n) is 16.2. The fourth-order valence-electron chi connectivity index (χ4n) is 5.77. The fourth-order valence-corrected chi connectivity index (χ4v) is 6.96. The van der Waals surface area contributed by atoms with Gasteiger partial charge in [-0.05, 0) is 67.0 Å². The summed E-state index contributed by atoms with van der Waals surface area (Å²) in [6.45, 7) is 0.901. The van der Waals surface area contributed by atoms with E-state index in [1.54, 1.807) is 12.1 Å². The van der Waals surface area contributed by atoms with E-state index in [0.29, 0.717) is 31.1 Å². The van der Waals surface area contributed by atoms with Crippen LogP contribution >= 0.6 is 0 Å². The summed E-state index contributed by atoms with van der Waals surface area (Å²) in [4.78, 5) is 23.5. The lowest BCUT2D eigenvalue weighted by molar-refractivity contribution is -0.192. The summed E-state index contributed by atoms with van der Waals surface area (Å²) in [6.07, 6.45) is 1.64. The molecular weight excluding hydrogens is 685 g/mol. The highest BCUT2D eigenvalue weighted by molar-refractivity contribution is 7.89. The van der Waals surface area contributed by atoms with Crippen LogP contribution < -0.4 is 15.2 Å². The maximum atomic E-state index is 16.2. The number of rotatable bonds is 10. The number of amides is 1. The van der Waals surface area contributed by atoms with E-state index in [1.165, 1.54) is 60.6 Å². The number of nitrogens with zero attached hydrogens (tertiary/aromatic N) is 1. The molecule has 2 fully saturated rings. The Bertz CT molecular complexity index is 1660. The van der Waals surface area contributed by atoms with Crippen LogP contribution in [0.2, 0.25) is 0 Å². The minimum atomic E-state index is -5.08. The van der Waals surface area contributed by atoms with Crippen LogP contribution in [0.4, 0.5) is 22.0 Å². The number of ether oxygens (including phenoxy) is 1. The molecule has 5 rings (SSSR count). The van der Waals surface area contributed by atoms with Gasteiger partial charge in [0.05, 0.1) is 11.5 Å². The molecule has 3 aromatic carbocycles. The summed E-state index contributed by atoms with van der Waals surface area (Å²) in [5, 5.41) is 7.12. The number of hydrogen-bond acceptors (Lipinski definition) is 6. The van der Waals surface area contributed by atoms with E-state index in [2.05, 4.69) is 4.72 Å². The maximum Gasteiger partial charge on any atom is 0.490 e. The molecule has 4 N–H and O–H groups in total. The monoisotopic (exact) mass is 725 g/mol. The first-order valence-corrected chi connectivity index (χ1v) is 17.7. The van der Waals surface area contributed by atoms with Crippen LogP contribution in [0.3, 0.4) is 0 Å². The van der Waals surface area contributed by atoms with Gasteiger partial charge >= 0.3 is 12.1 Å². The Hall–Kier alpha value is -4.08. The van der Waals surface area contributed by atoms with Crippen molar-refractivity contribution in [2.24, 2.45) is 11.7 Å². The molecule has 9 nitrogen and oxygen atoms in total. The van der Waals surface area contributed by atoms with E-state index in [-0.39, 0.29) is 24.0 Å². The number of carbonyl (C=O) groups excluding carboxylic acids is 1. The quantitative estimate of drug-likeness (QED) is 0.208. The van der Waals surface area contributed by atoms with Crippen molar-refractivity contribution in [3.8, 4) is 16.9 Å². The highest BCUT2D eigenvalue weighted by Crippen LogP contribution is 2.36. The lowest BCUT2D eigenvalue weighted by Gasteiger charge is -2.35. The largest absolute Gasteiger partial charge is 0.493 e. The number of carbonyl (C=O) groups is 2. The van der Waals surface area contributed by atoms with Gasteiger partial charge in [0.1, 0.15) is 5.75 Å². The number of nitrogens with one attached hydrogen (secondary N) is 1. The minimum Gasteiger partial charge on any atom is -0.493 e. The van der Waals surface area contributed by atoms with Gasteiger partial charge in [-0.25, -0.2) is 13.2 Å². The van der Waals surface area contributed by atoms with Crippen LogP contribution in [0.25, 0.3) is 11.1 Å². The molecule has 1 aliphatic carbocycles. The maximum absolute atomic E-state index is 16.2. The molecule has 15 heteroatoms. The zero-order valence-corrected chi connectivity index (χ0v) is 27.9. The lowest BCUT2D eigenvalue weighted by atomic mass is 9.90. The number of aliphatic carboxylic acids is 1. The molecule has 272 valence electrons. The fraction of sp³-hybridized carbons (Fsp3) is 0.429. The van der Waals surface area contributed by atoms with Crippen molar-refractivity contribution in [1.29, 1.82) is 0 Å². The van der Waals surface area contributed by atoms with Crippen LogP contribution in [0.1, 0.15) is 50.5 Å². The Kier molecular flexibility index (Phi) is 13.0. The molecule has 1 saturated heterocycles. The van der Waals surface area contributed by atoms with Gasteiger partial charge in [-0.15, -0.1) is 0 Å². The number of carboxylic acids is 1. The Balaban J connectivity index is 0.000000727. The second-order valence-electron chi connectivity index (χ2n) is 12.4. The molecule has 0 bridgehead atoms. The summed E-state index contributed by atoms with van der Waals surface area (Å²) in [5.74, 6) is -6.61. The summed E-state index contributed by atoms with van der Waals surface area (Å²) in [5.41, 5.74) is 7.06. The molecule has 0 spiro atoms. The molecule has 1 aliphatic heterocycles. The van der Waals surface area contributed by atoms with Gasteiger partial charge in [0.15, 0.2) is 6.04 Å². The zero-order valence-electron chi connectivity index (χ0n) is 27.1. The summed E-state index contributed by atoms with van der Waals surface area (Å²) < 4.78 is 99.0. The average molecular weight is 726 g/mol. The van der Waals surface area contributed by atoms with Crippen LogP contribution in [-0.4, -0.2) is 68.3 Å². The third kappa shape index (κ3) is 10.5. The number of nitrogens with two attached hydrogens (primary N) is 1. The van der Waals surface area contributed by atoms with Crippen LogP contribution in [0.15, 0.2) is 83.8 Å². The topological polar surface area (TPSA) is 139 Å². The van der Waals surface area contributed by atoms with E-state index >= 15 is 8.78 Å². The van der Waals surface area contributed by atoms with Crippen molar-refractivity contribution < 1.29 is 49.8 Å². The van der Waals surface area contributed by atoms with E-state index in [1.807, 2.05) is 30.3 Å². The van der Waals surface area contributed by atoms with E-state index in [0.717, 1.165) is 24.0 Å². The van der Waals surface area contributed by atoms with E-state index in [9.17, 15) is 26.4 Å². The SMILES string of the molecule is NC1CCN(C(=O)[C@H](NS(=O)(=O)c2ccc(OCC3CCCCC3)cc2)C(F)(F)c2ccc(-c3ccccc3)cc2)CC1.O=C(O)C(F)(F)F. The first-order chi connectivity index (χ1) is 23.6. The van der Waals surface area contributed by atoms with Crippen LogP contribution in [0.5, 0.6) is 5.75 Å². The van der Waals surface area contributed by atoms with Crippen molar-refractivity contribution in [1.82, 2.24) is 9.62 Å². The number of likely N-dealkylation sites (tertiary alicyclic amines) is 1. The van der Waals surface area contributed by atoms with Gasteiger partial charge < -0.3 is 20.5 Å². The van der Waals surface area contributed by atoms with Gasteiger partial charge in [-0.3, -0.25) is 4.79 Å². The van der Waals surface area contributed by atoms with Gasteiger partial charge in [-0.2, -0.15) is 26.7 Å². The van der Waals surface area contributed by atoms with Gasteiger partial charge in [0.2, 0.25) is 15.9 Å². The van der Waals surface area contributed by atoms with Crippen molar-refractivity contribution in [2.45, 2.75) is 74.0 Å². The summed E-state index contributed by atoms with van der Waals surface area (Å²) >= 11 is 0. The van der Waals surface area contributed by atoms with Gasteiger partial charge in [0.25, 0.3) is 5.92 Å². The van der Waals surface area contributed by atoms with E-state index in [4.69, 9.17) is 20.4 Å². The number of piperidine rings is 1. The van der Waals surface area contributed by atoms with E-state index < -0.39 is 45.6 Å². The molecular formula is C35H40F5N3O6S. The van der Waals surface area contributed by atoms with Crippen LogP contribution in [-0.2, 0) is 25.5 Å². The number of hydrogen-bond donors (Lipinski definition) is 3. The zero-order chi connectivity index (χ0) is 36.5. The number of benzene rings is 3. The molecule has 0 aromatic heterocycles. The summed E-state index contributed by atoms with van der Waals surface area (Å²) in [7, 11) is -4.51. The normalized spacial score (nSPS) is 17.0. The molecule has 1 heterocycles. The molecule has 1 atom stereocenters. The second kappa shape index (κ2) is 16.8. The molecule has 0 radical (unpaired) electrons. The number of halogens is 5. The average Bonchev–Trinajstić information content (AvgIpc) is 3.10. The predicted molar refractivity (Wildman–Crippen MR) is 176 cm³/mol. The van der Waals surface area contributed by atoms with Gasteiger partial charge in [-0.1, -0.05) is 73.9 Å². The minimum absolute atomic E-state index is 0.135. The third-order valence-corrected chi connectivity index (χ3v) is 10.1. The van der Waals surface area contributed by atoms with Crippen molar-refractivity contribution >= 4 is 21.9 Å². The Labute approximate surface area is 287 Å². The summed E-state index contributed by atoms with van der Waals surface area (Å²) in [6, 6.07) is 18.0. The molecule has 1 amide bonds. The van der Waals surface area contributed by atoms with Crippen molar-refractivity contribution in [3.63, 3.8) is 0 Å². The molecule has 2 aliphatic rings. The first kappa shape index (κ1) is 38.7. The van der Waals surface area contributed by atoms with Gasteiger partial charge in [0, 0.05) is 24.7 Å². The smallest absolute Gasteiger partial charge is 0.490 e. The molecule has 1 saturated carbocycles. The second-order valence-corrected chi connectivity index (χ2v) is 14.1. The lowest BCUT2D eigenvalue weighted by Crippen LogP contribution is -2.57. The number of alkyl halides is 5. The Morgan fingerprint density at radius 3 is 1.92 bits per heavy atom.